The number of fused-ring (bicyclic) bond motifs is 1. The number of likely N-dealkylation sites (tertiary alicyclic amines) is 1. The number of nitriles is 1. The molecule has 1 atom stereocenters. The maximum absolute atomic E-state index is 12.1. The van der Waals surface area contributed by atoms with Crippen LogP contribution in [0.2, 0.25) is 0 Å². The van der Waals surface area contributed by atoms with Gasteiger partial charge in [-0.3, -0.25) is 14.9 Å². The first-order valence-electron chi connectivity index (χ1n) is 6.69. The molecule has 21 heavy (non-hydrogen) atoms. The zero-order valence-electron chi connectivity index (χ0n) is 12.2. The number of imide groups is 1. The van der Waals surface area contributed by atoms with E-state index in [0.29, 0.717) is 18.5 Å². The molecule has 1 N–H and O–H groups in total. The minimum Gasteiger partial charge on any atom is -0.444 e. The van der Waals surface area contributed by atoms with Crippen LogP contribution in [0.1, 0.15) is 27.2 Å². The number of amides is 3. The summed E-state index contributed by atoms with van der Waals surface area (Å²) < 4.78 is 5.28. The maximum atomic E-state index is 12.1. The molecule has 1 unspecified atom stereocenters. The molecule has 7 nitrogen and oxygen atoms in total. The van der Waals surface area contributed by atoms with Gasteiger partial charge in [0.05, 0.1) is 5.92 Å². The average Bonchev–Trinajstić information content (AvgIpc) is 2.36. The van der Waals surface area contributed by atoms with Crippen LogP contribution in [0.3, 0.4) is 0 Å². The third-order valence-electron chi connectivity index (χ3n) is 3.33. The van der Waals surface area contributed by atoms with Gasteiger partial charge in [0.25, 0.3) is 5.91 Å². The lowest BCUT2D eigenvalue weighted by Gasteiger charge is -2.36. The Balaban J connectivity index is 2.24. The fourth-order valence-corrected chi connectivity index (χ4v) is 2.41. The number of nitrogens with one attached hydrogen (secondary N) is 1. The van der Waals surface area contributed by atoms with Gasteiger partial charge < -0.3 is 9.64 Å². The van der Waals surface area contributed by atoms with Crippen molar-refractivity contribution in [3.8, 4) is 6.07 Å². The van der Waals surface area contributed by atoms with Crippen LogP contribution in [0, 0.1) is 17.2 Å². The summed E-state index contributed by atoms with van der Waals surface area (Å²) in [4.78, 5) is 36.9. The Morgan fingerprint density at radius 3 is 2.67 bits per heavy atom. The lowest BCUT2D eigenvalue weighted by Crippen LogP contribution is -2.51. The van der Waals surface area contributed by atoms with Gasteiger partial charge in [0, 0.05) is 13.1 Å². The Kier molecular flexibility index (Phi) is 3.73. The molecule has 0 aliphatic carbocycles. The van der Waals surface area contributed by atoms with Crippen molar-refractivity contribution in [1.82, 2.24) is 10.2 Å². The first-order chi connectivity index (χ1) is 9.73. The summed E-state index contributed by atoms with van der Waals surface area (Å²) in [5.74, 6) is -1.62. The Labute approximate surface area is 122 Å². The molecule has 0 spiro atoms. The SMILES string of the molecule is CC(C)(C)OC(=O)N1CCC2C(=O)NC(=O)C(C#N)=C2C1. The highest BCUT2D eigenvalue weighted by molar-refractivity contribution is 6.11. The van der Waals surface area contributed by atoms with E-state index in [2.05, 4.69) is 5.32 Å². The van der Waals surface area contributed by atoms with Gasteiger partial charge in [0.1, 0.15) is 17.2 Å². The summed E-state index contributed by atoms with van der Waals surface area (Å²) >= 11 is 0. The Morgan fingerprint density at radius 1 is 1.43 bits per heavy atom. The zero-order valence-corrected chi connectivity index (χ0v) is 12.2. The molecule has 2 aliphatic rings. The van der Waals surface area contributed by atoms with Gasteiger partial charge in [-0.2, -0.15) is 5.26 Å². The van der Waals surface area contributed by atoms with Gasteiger partial charge >= 0.3 is 6.09 Å². The molecule has 1 fully saturated rings. The van der Waals surface area contributed by atoms with Gasteiger partial charge in [-0.05, 0) is 32.8 Å². The van der Waals surface area contributed by atoms with E-state index in [1.54, 1.807) is 20.8 Å². The number of piperidine rings is 1. The number of hydrogen-bond acceptors (Lipinski definition) is 5. The number of ether oxygens (including phenoxy) is 1. The van der Waals surface area contributed by atoms with E-state index in [0.717, 1.165) is 0 Å². The molecule has 2 heterocycles. The quantitative estimate of drug-likeness (QED) is 0.663. The molecule has 0 saturated carbocycles. The number of carbonyl (C=O) groups is 3. The third kappa shape index (κ3) is 3.05. The summed E-state index contributed by atoms with van der Waals surface area (Å²) in [5.41, 5.74) is -0.295. The van der Waals surface area contributed by atoms with Crippen LogP contribution in [0.25, 0.3) is 0 Å². The van der Waals surface area contributed by atoms with E-state index in [4.69, 9.17) is 10.00 Å². The largest absolute Gasteiger partial charge is 0.444 e. The molecule has 1 saturated heterocycles. The number of rotatable bonds is 0. The Morgan fingerprint density at radius 2 is 2.10 bits per heavy atom. The van der Waals surface area contributed by atoms with Crippen molar-refractivity contribution in [2.45, 2.75) is 32.8 Å². The highest BCUT2D eigenvalue weighted by Gasteiger charge is 2.40. The summed E-state index contributed by atoms with van der Waals surface area (Å²) in [6, 6.07) is 1.82. The van der Waals surface area contributed by atoms with E-state index in [-0.39, 0.29) is 12.1 Å². The van der Waals surface area contributed by atoms with Crippen molar-refractivity contribution in [1.29, 1.82) is 5.26 Å². The van der Waals surface area contributed by atoms with Crippen molar-refractivity contribution >= 4 is 17.9 Å². The molecular weight excluding hydrogens is 274 g/mol. The van der Waals surface area contributed by atoms with Crippen LogP contribution in [-0.2, 0) is 14.3 Å². The second-order valence-corrected chi connectivity index (χ2v) is 6.07. The Hall–Kier alpha value is -2.36. The predicted octanol–water partition coefficient (Wildman–Crippen LogP) is 0.720. The lowest BCUT2D eigenvalue weighted by molar-refractivity contribution is -0.132. The van der Waals surface area contributed by atoms with Crippen LogP contribution in [0.5, 0.6) is 0 Å². The lowest BCUT2D eigenvalue weighted by atomic mass is 9.84. The molecule has 2 aliphatic heterocycles. The second kappa shape index (κ2) is 5.20. The highest BCUT2D eigenvalue weighted by atomic mass is 16.6. The molecule has 0 bridgehead atoms. The summed E-state index contributed by atoms with van der Waals surface area (Å²) in [5, 5.41) is 11.3. The summed E-state index contributed by atoms with van der Waals surface area (Å²) in [6.45, 7) is 5.70. The van der Waals surface area contributed by atoms with E-state index in [9.17, 15) is 14.4 Å². The van der Waals surface area contributed by atoms with E-state index in [1.165, 1.54) is 4.90 Å². The van der Waals surface area contributed by atoms with Crippen molar-refractivity contribution in [2.24, 2.45) is 5.92 Å². The van der Waals surface area contributed by atoms with Crippen molar-refractivity contribution in [3.05, 3.63) is 11.1 Å². The first-order valence-corrected chi connectivity index (χ1v) is 6.69. The molecule has 2 rings (SSSR count). The van der Waals surface area contributed by atoms with Crippen LogP contribution in [0.15, 0.2) is 11.1 Å². The zero-order chi connectivity index (χ0) is 15.8. The van der Waals surface area contributed by atoms with E-state index in [1.807, 2.05) is 6.07 Å². The first kappa shape index (κ1) is 15.0. The summed E-state index contributed by atoms with van der Waals surface area (Å²) in [7, 11) is 0. The van der Waals surface area contributed by atoms with Crippen LogP contribution in [-0.4, -0.2) is 41.5 Å². The molecular formula is C14H17N3O4. The molecule has 7 heteroatoms. The topological polar surface area (TPSA) is 99.5 Å². The molecule has 0 radical (unpaired) electrons. The van der Waals surface area contributed by atoms with Crippen LogP contribution >= 0.6 is 0 Å². The third-order valence-corrected chi connectivity index (χ3v) is 3.33. The fourth-order valence-electron chi connectivity index (χ4n) is 2.41. The molecule has 0 aromatic heterocycles. The number of hydrogen-bond donors (Lipinski definition) is 1. The van der Waals surface area contributed by atoms with Gasteiger partial charge in [-0.25, -0.2) is 4.79 Å². The number of carbonyl (C=O) groups excluding carboxylic acids is 3. The molecule has 112 valence electrons. The molecule has 0 aromatic rings. The predicted molar refractivity (Wildman–Crippen MR) is 71.7 cm³/mol. The van der Waals surface area contributed by atoms with E-state index < -0.39 is 29.4 Å². The molecule has 0 aromatic carbocycles. The molecule has 3 amide bonds. The van der Waals surface area contributed by atoms with Gasteiger partial charge in [0.2, 0.25) is 5.91 Å². The van der Waals surface area contributed by atoms with Crippen molar-refractivity contribution in [2.75, 3.05) is 13.1 Å². The van der Waals surface area contributed by atoms with Crippen molar-refractivity contribution < 1.29 is 19.1 Å². The summed E-state index contributed by atoms with van der Waals surface area (Å²) in [6.07, 6.45) is -0.136. The Bertz CT molecular complexity index is 580. The minimum atomic E-state index is -0.695. The number of nitrogens with zero attached hydrogens (tertiary/aromatic N) is 2. The van der Waals surface area contributed by atoms with Crippen LogP contribution in [0.4, 0.5) is 4.79 Å². The normalized spacial score (nSPS) is 22.4. The average molecular weight is 291 g/mol. The smallest absolute Gasteiger partial charge is 0.410 e. The van der Waals surface area contributed by atoms with Crippen molar-refractivity contribution in [3.63, 3.8) is 0 Å². The standard InChI is InChI=1S/C14H17N3O4/c1-14(2,3)21-13(20)17-5-4-8-10(7-17)9(6-15)12(19)16-11(8)18/h8H,4-5,7H2,1-3H3,(H,16,18,19). The highest BCUT2D eigenvalue weighted by Crippen LogP contribution is 2.29. The van der Waals surface area contributed by atoms with Gasteiger partial charge in [-0.1, -0.05) is 0 Å². The maximum Gasteiger partial charge on any atom is 0.410 e. The minimum absolute atomic E-state index is 0.0711. The van der Waals surface area contributed by atoms with Gasteiger partial charge in [0.15, 0.2) is 0 Å². The second-order valence-electron chi connectivity index (χ2n) is 6.07. The van der Waals surface area contributed by atoms with Gasteiger partial charge in [-0.15, -0.1) is 0 Å². The fraction of sp³-hybridized carbons (Fsp3) is 0.571. The monoisotopic (exact) mass is 291 g/mol. The van der Waals surface area contributed by atoms with Crippen LogP contribution < -0.4 is 5.32 Å². The van der Waals surface area contributed by atoms with E-state index >= 15 is 0 Å².